The number of amides is 1. The van der Waals surface area contributed by atoms with E-state index >= 15 is 0 Å². The SMILES string of the molecule is CCN(C(=O)CCN)c1cc(C)ccc1OC. The molecule has 0 unspecified atom stereocenters. The van der Waals surface area contributed by atoms with Crippen LogP contribution in [0.1, 0.15) is 18.9 Å². The average molecular weight is 236 g/mol. The lowest BCUT2D eigenvalue weighted by Gasteiger charge is -2.23. The summed E-state index contributed by atoms with van der Waals surface area (Å²) >= 11 is 0. The van der Waals surface area contributed by atoms with Gasteiger partial charge in [-0.2, -0.15) is 0 Å². The zero-order chi connectivity index (χ0) is 12.8. The van der Waals surface area contributed by atoms with Crippen molar-refractivity contribution in [1.82, 2.24) is 0 Å². The highest BCUT2D eigenvalue weighted by Crippen LogP contribution is 2.29. The smallest absolute Gasteiger partial charge is 0.228 e. The number of rotatable bonds is 5. The van der Waals surface area contributed by atoms with Crippen molar-refractivity contribution < 1.29 is 9.53 Å². The van der Waals surface area contributed by atoms with Gasteiger partial charge in [-0.25, -0.2) is 0 Å². The normalized spacial score (nSPS) is 10.1. The lowest BCUT2D eigenvalue weighted by Crippen LogP contribution is -2.32. The fourth-order valence-corrected chi connectivity index (χ4v) is 1.75. The first-order valence-electron chi connectivity index (χ1n) is 5.79. The second kappa shape index (κ2) is 6.25. The number of hydrogen-bond donors (Lipinski definition) is 1. The molecule has 0 fully saturated rings. The Morgan fingerprint density at radius 2 is 2.18 bits per heavy atom. The summed E-state index contributed by atoms with van der Waals surface area (Å²) in [5.74, 6) is 0.738. The van der Waals surface area contributed by atoms with Gasteiger partial charge in [0.1, 0.15) is 5.75 Å². The summed E-state index contributed by atoms with van der Waals surface area (Å²) in [6, 6.07) is 5.80. The number of anilines is 1. The Hall–Kier alpha value is -1.55. The molecule has 0 aliphatic heterocycles. The Balaban J connectivity index is 3.09. The van der Waals surface area contributed by atoms with Gasteiger partial charge in [-0.15, -0.1) is 0 Å². The molecule has 4 nitrogen and oxygen atoms in total. The molecule has 2 N–H and O–H groups in total. The molecule has 1 rings (SSSR count). The molecule has 0 saturated heterocycles. The summed E-state index contributed by atoms with van der Waals surface area (Å²) in [7, 11) is 1.61. The molecule has 4 heteroatoms. The number of nitrogens with two attached hydrogens (primary N) is 1. The molecule has 1 amide bonds. The van der Waals surface area contributed by atoms with Gasteiger partial charge in [0, 0.05) is 19.5 Å². The Morgan fingerprint density at radius 1 is 1.47 bits per heavy atom. The van der Waals surface area contributed by atoms with Crippen LogP contribution in [0, 0.1) is 6.92 Å². The van der Waals surface area contributed by atoms with Crippen LogP contribution in [0.25, 0.3) is 0 Å². The molecular weight excluding hydrogens is 216 g/mol. The third-order valence-electron chi connectivity index (χ3n) is 2.60. The van der Waals surface area contributed by atoms with E-state index in [2.05, 4.69) is 0 Å². The molecular formula is C13H20N2O2. The van der Waals surface area contributed by atoms with Crippen molar-refractivity contribution in [3.05, 3.63) is 23.8 Å². The van der Waals surface area contributed by atoms with Gasteiger partial charge in [0.25, 0.3) is 0 Å². The van der Waals surface area contributed by atoms with Crippen LogP contribution in [0.15, 0.2) is 18.2 Å². The van der Waals surface area contributed by atoms with Gasteiger partial charge in [0.2, 0.25) is 5.91 Å². The standard InChI is InChI=1S/C13H20N2O2/c1-4-15(13(16)7-8-14)11-9-10(2)5-6-12(11)17-3/h5-6,9H,4,7-8,14H2,1-3H3. The summed E-state index contributed by atoms with van der Waals surface area (Å²) in [5.41, 5.74) is 7.33. The van der Waals surface area contributed by atoms with Crippen LogP contribution in [-0.2, 0) is 4.79 Å². The van der Waals surface area contributed by atoms with Gasteiger partial charge in [-0.05, 0) is 31.5 Å². The van der Waals surface area contributed by atoms with E-state index in [0.717, 1.165) is 11.3 Å². The van der Waals surface area contributed by atoms with Crippen molar-refractivity contribution in [2.75, 3.05) is 25.1 Å². The zero-order valence-electron chi connectivity index (χ0n) is 10.7. The number of hydrogen-bond acceptors (Lipinski definition) is 3. The summed E-state index contributed by atoms with van der Waals surface area (Å²) < 4.78 is 5.29. The maximum absolute atomic E-state index is 11.9. The third kappa shape index (κ3) is 3.20. The molecule has 0 atom stereocenters. The fraction of sp³-hybridized carbons (Fsp3) is 0.462. The van der Waals surface area contributed by atoms with Gasteiger partial charge in [-0.1, -0.05) is 6.07 Å². The van der Waals surface area contributed by atoms with Crippen molar-refractivity contribution >= 4 is 11.6 Å². The summed E-state index contributed by atoms with van der Waals surface area (Å²) in [4.78, 5) is 13.7. The van der Waals surface area contributed by atoms with Crippen LogP contribution in [0.5, 0.6) is 5.75 Å². The maximum atomic E-state index is 11.9. The number of nitrogens with zero attached hydrogens (tertiary/aromatic N) is 1. The minimum atomic E-state index is 0.0268. The molecule has 0 aromatic heterocycles. The maximum Gasteiger partial charge on any atom is 0.228 e. The average Bonchev–Trinajstić information content (AvgIpc) is 2.31. The topological polar surface area (TPSA) is 55.6 Å². The van der Waals surface area contributed by atoms with Crippen molar-refractivity contribution in [1.29, 1.82) is 0 Å². The highest BCUT2D eigenvalue weighted by molar-refractivity contribution is 5.95. The molecule has 0 aliphatic rings. The van der Waals surface area contributed by atoms with Gasteiger partial charge in [0.15, 0.2) is 0 Å². The molecule has 17 heavy (non-hydrogen) atoms. The van der Waals surface area contributed by atoms with Gasteiger partial charge in [-0.3, -0.25) is 4.79 Å². The predicted molar refractivity (Wildman–Crippen MR) is 69.4 cm³/mol. The minimum Gasteiger partial charge on any atom is -0.495 e. The lowest BCUT2D eigenvalue weighted by atomic mass is 10.1. The molecule has 1 aromatic carbocycles. The molecule has 94 valence electrons. The summed E-state index contributed by atoms with van der Waals surface area (Å²) in [6.45, 7) is 4.91. The zero-order valence-corrected chi connectivity index (χ0v) is 10.7. The van der Waals surface area contributed by atoms with E-state index in [1.807, 2.05) is 32.0 Å². The van der Waals surface area contributed by atoms with Gasteiger partial charge >= 0.3 is 0 Å². The van der Waals surface area contributed by atoms with E-state index in [1.54, 1.807) is 12.0 Å². The number of ether oxygens (including phenoxy) is 1. The van der Waals surface area contributed by atoms with Gasteiger partial charge in [0.05, 0.1) is 12.8 Å². The predicted octanol–water partition coefficient (Wildman–Crippen LogP) is 1.71. The number of methoxy groups -OCH3 is 1. The second-order valence-corrected chi connectivity index (χ2v) is 3.85. The largest absolute Gasteiger partial charge is 0.495 e. The second-order valence-electron chi connectivity index (χ2n) is 3.85. The highest BCUT2D eigenvalue weighted by atomic mass is 16.5. The first-order chi connectivity index (χ1) is 8.13. The van der Waals surface area contributed by atoms with Crippen LogP contribution in [0.4, 0.5) is 5.69 Å². The number of benzene rings is 1. The number of carbonyl (C=O) groups is 1. The third-order valence-corrected chi connectivity index (χ3v) is 2.60. The Bertz CT molecular complexity index is 391. The fourth-order valence-electron chi connectivity index (χ4n) is 1.75. The number of carbonyl (C=O) groups excluding carboxylic acids is 1. The minimum absolute atomic E-state index is 0.0268. The van der Waals surface area contributed by atoms with Crippen LogP contribution < -0.4 is 15.4 Å². The van der Waals surface area contributed by atoms with Crippen LogP contribution in [-0.4, -0.2) is 26.1 Å². The lowest BCUT2D eigenvalue weighted by molar-refractivity contribution is -0.118. The Morgan fingerprint density at radius 3 is 2.71 bits per heavy atom. The van der Waals surface area contributed by atoms with Crippen molar-refractivity contribution in [2.45, 2.75) is 20.3 Å². The van der Waals surface area contributed by atoms with E-state index in [0.29, 0.717) is 25.3 Å². The monoisotopic (exact) mass is 236 g/mol. The van der Waals surface area contributed by atoms with E-state index in [1.165, 1.54) is 0 Å². The van der Waals surface area contributed by atoms with Crippen molar-refractivity contribution in [3.63, 3.8) is 0 Å². The first-order valence-corrected chi connectivity index (χ1v) is 5.79. The van der Waals surface area contributed by atoms with E-state index in [4.69, 9.17) is 10.5 Å². The summed E-state index contributed by atoms with van der Waals surface area (Å²) in [6.07, 6.45) is 0.352. The van der Waals surface area contributed by atoms with Crippen LogP contribution >= 0.6 is 0 Å². The van der Waals surface area contributed by atoms with E-state index in [-0.39, 0.29) is 5.91 Å². The van der Waals surface area contributed by atoms with E-state index < -0.39 is 0 Å². The quantitative estimate of drug-likeness (QED) is 0.846. The molecule has 0 bridgehead atoms. The molecule has 0 heterocycles. The molecule has 1 aromatic rings. The van der Waals surface area contributed by atoms with Crippen LogP contribution in [0.2, 0.25) is 0 Å². The molecule has 0 aliphatic carbocycles. The van der Waals surface area contributed by atoms with Crippen molar-refractivity contribution in [2.24, 2.45) is 5.73 Å². The number of aryl methyl sites for hydroxylation is 1. The molecule has 0 saturated carbocycles. The van der Waals surface area contributed by atoms with E-state index in [9.17, 15) is 4.79 Å². The van der Waals surface area contributed by atoms with Crippen LogP contribution in [0.3, 0.4) is 0 Å². The highest BCUT2D eigenvalue weighted by Gasteiger charge is 2.17. The Labute approximate surface area is 102 Å². The van der Waals surface area contributed by atoms with Gasteiger partial charge < -0.3 is 15.4 Å². The summed E-state index contributed by atoms with van der Waals surface area (Å²) in [5, 5.41) is 0. The Kier molecular flexibility index (Phi) is 4.97. The molecule has 0 radical (unpaired) electrons. The molecule has 0 spiro atoms. The van der Waals surface area contributed by atoms with Crippen molar-refractivity contribution in [3.8, 4) is 5.75 Å². The first kappa shape index (κ1) is 13.5.